The molecule has 1 atom stereocenters. The lowest BCUT2D eigenvalue weighted by Gasteiger charge is -2.32. The number of nitrogens with zero attached hydrogens (tertiary/aromatic N) is 1. The fourth-order valence-electron chi connectivity index (χ4n) is 3.21. The summed E-state index contributed by atoms with van der Waals surface area (Å²) in [5.74, 6) is 0.533. The van der Waals surface area contributed by atoms with E-state index in [1.807, 2.05) is 6.92 Å². The summed E-state index contributed by atoms with van der Waals surface area (Å²) in [5, 5.41) is 2.75. The monoisotopic (exact) mass is 252 g/mol. The normalized spacial score (nSPS) is 30.3. The molecule has 4 nitrogen and oxygen atoms in total. The number of hydrogen-bond acceptors (Lipinski definition) is 2. The summed E-state index contributed by atoms with van der Waals surface area (Å²) in [4.78, 5) is 25.6. The zero-order chi connectivity index (χ0) is 13.7. The molecule has 0 bridgehead atoms. The van der Waals surface area contributed by atoms with E-state index in [9.17, 15) is 9.59 Å². The lowest BCUT2D eigenvalue weighted by Crippen LogP contribution is -2.58. The second-order valence-electron chi connectivity index (χ2n) is 6.74. The third-order valence-electron chi connectivity index (χ3n) is 5.41. The third-order valence-corrected chi connectivity index (χ3v) is 5.41. The first-order valence-corrected chi connectivity index (χ1v) is 6.80. The Balaban J connectivity index is 2.06. The van der Waals surface area contributed by atoms with Crippen molar-refractivity contribution in [2.75, 3.05) is 13.1 Å². The van der Waals surface area contributed by atoms with Gasteiger partial charge in [0.2, 0.25) is 11.8 Å². The minimum absolute atomic E-state index is 0.0299. The van der Waals surface area contributed by atoms with Crippen LogP contribution in [0.3, 0.4) is 0 Å². The average Bonchev–Trinajstić information content (AvgIpc) is 2.65. The van der Waals surface area contributed by atoms with E-state index in [1.54, 1.807) is 4.90 Å². The molecule has 1 aliphatic carbocycles. The first-order valence-electron chi connectivity index (χ1n) is 6.80. The van der Waals surface area contributed by atoms with E-state index in [1.165, 1.54) is 0 Å². The Bertz CT molecular complexity index is 373. The Labute approximate surface area is 109 Å². The van der Waals surface area contributed by atoms with E-state index in [2.05, 4.69) is 33.0 Å². The zero-order valence-electron chi connectivity index (χ0n) is 12.0. The SMILES string of the molecule is CCC1NC(=O)CN(CC2C(C)(C)C2(C)C)C1=O. The Kier molecular flexibility index (Phi) is 2.95. The molecular formula is C14H24N2O2. The minimum Gasteiger partial charge on any atom is -0.343 e. The van der Waals surface area contributed by atoms with E-state index in [4.69, 9.17) is 0 Å². The van der Waals surface area contributed by atoms with Crippen LogP contribution in [0.4, 0.5) is 0 Å². The topological polar surface area (TPSA) is 49.4 Å². The van der Waals surface area contributed by atoms with E-state index in [0.717, 1.165) is 0 Å². The number of carbonyl (C=O) groups is 2. The molecule has 1 aliphatic heterocycles. The zero-order valence-corrected chi connectivity index (χ0v) is 12.0. The van der Waals surface area contributed by atoms with Crippen LogP contribution < -0.4 is 5.32 Å². The van der Waals surface area contributed by atoms with Crippen molar-refractivity contribution in [1.82, 2.24) is 10.2 Å². The molecule has 1 N–H and O–H groups in total. The number of hydrogen-bond donors (Lipinski definition) is 1. The summed E-state index contributed by atoms with van der Waals surface area (Å²) < 4.78 is 0. The molecule has 18 heavy (non-hydrogen) atoms. The number of carbonyl (C=O) groups excluding carboxylic acids is 2. The summed E-state index contributed by atoms with van der Waals surface area (Å²) in [7, 11) is 0. The summed E-state index contributed by atoms with van der Waals surface area (Å²) in [6, 6.07) is -0.323. The Morgan fingerprint density at radius 2 is 1.78 bits per heavy atom. The highest BCUT2D eigenvalue weighted by Crippen LogP contribution is 2.68. The molecule has 1 unspecified atom stereocenters. The van der Waals surface area contributed by atoms with E-state index in [0.29, 0.717) is 18.9 Å². The molecule has 0 spiro atoms. The number of rotatable bonds is 3. The number of amides is 2. The summed E-state index contributed by atoms with van der Waals surface area (Å²) >= 11 is 0. The predicted octanol–water partition coefficient (Wildman–Crippen LogP) is 1.41. The van der Waals surface area contributed by atoms with Crippen LogP contribution in [0, 0.1) is 16.7 Å². The maximum Gasteiger partial charge on any atom is 0.245 e. The van der Waals surface area contributed by atoms with Gasteiger partial charge in [-0.15, -0.1) is 0 Å². The second kappa shape index (κ2) is 3.97. The fraction of sp³-hybridized carbons (Fsp3) is 0.857. The van der Waals surface area contributed by atoms with Gasteiger partial charge in [0.1, 0.15) is 6.04 Å². The molecule has 1 saturated heterocycles. The van der Waals surface area contributed by atoms with E-state index >= 15 is 0 Å². The van der Waals surface area contributed by atoms with Crippen molar-refractivity contribution in [2.24, 2.45) is 16.7 Å². The molecule has 0 aromatic heterocycles. The Morgan fingerprint density at radius 3 is 2.22 bits per heavy atom. The van der Waals surface area contributed by atoms with Crippen LogP contribution in [0.25, 0.3) is 0 Å². The van der Waals surface area contributed by atoms with E-state index < -0.39 is 0 Å². The molecule has 1 heterocycles. The maximum atomic E-state index is 12.2. The molecule has 0 aromatic carbocycles. The molecule has 2 aliphatic rings. The first kappa shape index (κ1) is 13.4. The molecule has 1 saturated carbocycles. The lowest BCUT2D eigenvalue weighted by atomic mass is 10.0. The molecule has 2 rings (SSSR count). The van der Waals surface area contributed by atoms with Crippen LogP contribution in [0.2, 0.25) is 0 Å². The maximum absolute atomic E-state index is 12.2. The first-order chi connectivity index (χ1) is 8.21. The van der Waals surface area contributed by atoms with Crippen molar-refractivity contribution in [3.05, 3.63) is 0 Å². The quantitative estimate of drug-likeness (QED) is 0.825. The minimum atomic E-state index is -0.323. The Morgan fingerprint density at radius 1 is 1.22 bits per heavy atom. The van der Waals surface area contributed by atoms with Crippen molar-refractivity contribution >= 4 is 11.8 Å². The highest BCUT2D eigenvalue weighted by molar-refractivity contribution is 5.94. The second-order valence-corrected chi connectivity index (χ2v) is 6.74. The Hall–Kier alpha value is -1.06. The van der Waals surface area contributed by atoms with Crippen molar-refractivity contribution < 1.29 is 9.59 Å². The van der Waals surface area contributed by atoms with Crippen molar-refractivity contribution in [3.8, 4) is 0 Å². The van der Waals surface area contributed by atoms with Crippen LogP contribution >= 0.6 is 0 Å². The van der Waals surface area contributed by atoms with Gasteiger partial charge in [-0.25, -0.2) is 0 Å². The van der Waals surface area contributed by atoms with Crippen LogP contribution in [-0.2, 0) is 9.59 Å². The van der Waals surface area contributed by atoms with Crippen molar-refractivity contribution in [3.63, 3.8) is 0 Å². The lowest BCUT2D eigenvalue weighted by molar-refractivity contribution is -0.144. The van der Waals surface area contributed by atoms with Gasteiger partial charge in [-0.1, -0.05) is 34.6 Å². The van der Waals surface area contributed by atoms with Crippen LogP contribution in [0.5, 0.6) is 0 Å². The standard InChI is InChI=1S/C14H24N2O2/c1-6-9-12(18)16(8-11(17)15-9)7-10-13(2,3)14(10,4)5/h9-10H,6-8H2,1-5H3,(H,15,17). The molecule has 0 aromatic rings. The van der Waals surface area contributed by atoms with Crippen molar-refractivity contribution in [2.45, 2.75) is 47.1 Å². The number of piperazine rings is 1. The summed E-state index contributed by atoms with van der Waals surface area (Å²) in [5.41, 5.74) is 0.506. The average molecular weight is 252 g/mol. The highest BCUT2D eigenvalue weighted by atomic mass is 16.2. The van der Waals surface area contributed by atoms with Gasteiger partial charge in [0.15, 0.2) is 0 Å². The molecular weight excluding hydrogens is 228 g/mol. The van der Waals surface area contributed by atoms with Gasteiger partial charge in [-0.3, -0.25) is 9.59 Å². The van der Waals surface area contributed by atoms with Crippen molar-refractivity contribution in [1.29, 1.82) is 0 Å². The van der Waals surface area contributed by atoms with E-state index in [-0.39, 0.29) is 35.2 Å². The van der Waals surface area contributed by atoms with Gasteiger partial charge in [-0.2, -0.15) is 0 Å². The third kappa shape index (κ3) is 1.82. The predicted molar refractivity (Wildman–Crippen MR) is 69.9 cm³/mol. The fourth-order valence-corrected chi connectivity index (χ4v) is 3.21. The van der Waals surface area contributed by atoms with Crippen LogP contribution in [0.1, 0.15) is 41.0 Å². The molecule has 2 amide bonds. The largest absolute Gasteiger partial charge is 0.343 e. The molecule has 102 valence electrons. The smallest absolute Gasteiger partial charge is 0.245 e. The molecule has 0 radical (unpaired) electrons. The summed E-state index contributed by atoms with van der Waals surface area (Å²) in [6.45, 7) is 11.8. The van der Waals surface area contributed by atoms with Gasteiger partial charge in [-0.05, 0) is 23.2 Å². The highest BCUT2D eigenvalue weighted by Gasteiger charge is 2.65. The van der Waals surface area contributed by atoms with Crippen LogP contribution in [-0.4, -0.2) is 35.8 Å². The molecule has 2 fully saturated rings. The van der Waals surface area contributed by atoms with Gasteiger partial charge in [0.05, 0.1) is 6.54 Å². The van der Waals surface area contributed by atoms with Gasteiger partial charge < -0.3 is 10.2 Å². The van der Waals surface area contributed by atoms with Crippen LogP contribution in [0.15, 0.2) is 0 Å². The number of nitrogens with one attached hydrogen (secondary N) is 1. The van der Waals surface area contributed by atoms with Gasteiger partial charge in [0.25, 0.3) is 0 Å². The molecule has 4 heteroatoms. The van der Waals surface area contributed by atoms with Gasteiger partial charge in [0, 0.05) is 6.54 Å². The summed E-state index contributed by atoms with van der Waals surface area (Å²) in [6.07, 6.45) is 0.665. The van der Waals surface area contributed by atoms with Gasteiger partial charge >= 0.3 is 0 Å².